The first-order valence-corrected chi connectivity index (χ1v) is 6.91. The van der Waals surface area contributed by atoms with E-state index >= 15 is 0 Å². The average Bonchev–Trinajstić information content (AvgIpc) is 2.82. The Morgan fingerprint density at radius 2 is 2.06 bits per heavy atom. The van der Waals surface area contributed by atoms with Crippen molar-refractivity contribution in [1.82, 2.24) is 4.98 Å². The number of benzene rings is 1. The van der Waals surface area contributed by atoms with Crippen LogP contribution < -0.4 is 5.73 Å². The van der Waals surface area contributed by atoms with E-state index < -0.39 is 0 Å². The van der Waals surface area contributed by atoms with Crippen LogP contribution in [-0.4, -0.2) is 11.0 Å². The van der Waals surface area contributed by atoms with E-state index in [4.69, 9.17) is 10.2 Å². The van der Waals surface area contributed by atoms with Crippen LogP contribution >= 0.6 is 0 Å². The summed E-state index contributed by atoms with van der Waals surface area (Å²) in [5.74, 6) is 1.37. The van der Waals surface area contributed by atoms with Crippen LogP contribution in [0, 0.1) is 0 Å². The van der Waals surface area contributed by atoms with Crippen LogP contribution in [0.15, 0.2) is 22.6 Å². The summed E-state index contributed by atoms with van der Waals surface area (Å²) in [5.41, 5.74) is 9.16. The number of hydrogen-bond donors (Lipinski definition) is 1. The number of fused-ring (bicyclic) bond motifs is 1. The van der Waals surface area contributed by atoms with Gasteiger partial charge in [-0.2, -0.15) is 0 Å². The van der Waals surface area contributed by atoms with Crippen molar-refractivity contribution in [1.29, 1.82) is 0 Å². The summed E-state index contributed by atoms with van der Waals surface area (Å²) in [5, 5.41) is 0. The lowest BCUT2D eigenvalue weighted by Gasteiger charge is -2.23. The maximum absolute atomic E-state index is 5.94. The van der Waals surface area contributed by atoms with Crippen molar-refractivity contribution in [3.63, 3.8) is 0 Å². The number of hydrogen-bond acceptors (Lipinski definition) is 3. The molecule has 3 nitrogen and oxygen atoms in total. The molecule has 96 valence electrons. The second-order valence-corrected chi connectivity index (χ2v) is 5.32. The van der Waals surface area contributed by atoms with E-state index in [-0.39, 0.29) is 0 Å². The van der Waals surface area contributed by atoms with E-state index in [9.17, 15) is 0 Å². The van der Waals surface area contributed by atoms with Crippen molar-refractivity contribution in [2.75, 3.05) is 0 Å². The van der Waals surface area contributed by atoms with E-state index in [1.165, 1.54) is 5.56 Å². The molecule has 1 saturated carbocycles. The summed E-state index contributed by atoms with van der Waals surface area (Å²) in [6.45, 7) is 2.16. The van der Waals surface area contributed by atoms with Gasteiger partial charge in [0.2, 0.25) is 0 Å². The molecule has 3 rings (SSSR count). The Morgan fingerprint density at radius 3 is 2.78 bits per heavy atom. The maximum Gasteiger partial charge on any atom is 0.198 e. The minimum Gasteiger partial charge on any atom is -0.440 e. The molecule has 1 aliphatic rings. The maximum atomic E-state index is 5.94. The Labute approximate surface area is 107 Å². The minimum absolute atomic E-state index is 0.373. The standard InChI is InChI=1S/C15H20N2O/c1-2-10-3-8-14-13(9-10)17-15(18-14)11-4-6-12(16)7-5-11/h3,8-9,11-12H,2,4-7,16H2,1H3. The van der Waals surface area contributed by atoms with E-state index in [1.807, 2.05) is 6.07 Å². The quantitative estimate of drug-likeness (QED) is 0.881. The highest BCUT2D eigenvalue weighted by Crippen LogP contribution is 2.33. The van der Waals surface area contributed by atoms with Gasteiger partial charge in [-0.25, -0.2) is 4.98 Å². The van der Waals surface area contributed by atoms with Gasteiger partial charge in [-0.05, 0) is 49.8 Å². The lowest BCUT2D eigenvalue weighted by Crippen LogP contribution is -2.25. The van der Waals surface area contributed by atoms with Gasteiger partial charge < -0.3 is 10.2 Å². The monoisotopic (exact) mass is 244 g/mol. The topological polar surface area (TPSA) is 52.0 Å². The molecule has 1 heterocycles. The summed E-state index contributed by atoms with van der Waals surface area (Å²) < 4.78 is 5.89. The zero-order chi connectivity index (χ0) is 12.5. The molecule has 0 bridgehead atoms. The first-order valence-electron chi connectivity index (χ1n) is 6.91. The highest BCUT2D eigenvalue weighted by Gasteiger charge is 2.24. The first kappa shape index (κ1) is 11.7. The predicted octanol–water partition coefficient (Wildman–Crippen LogP) is 3.38. The predicted molar refractivity (Wildman–Crippen MR) is 72.6 cm³/mol. The lowest BCUT2D eigenvalue weighted by molar-refractivity contribution is 0.346. The highest BCUT2D eigenvalue weighted by molar-refractivity contribution is 5.73. The third-order valence-corrected chi connectivity index (χ3v) is 4.00. The Balaban J connectivity index is 1.88. The fourth-order valence-electron chi connectivity index (χ4n) is 2.75. The normalized spacial score (nSPS) is 24.6. The zero-order valence-corrected chi connectivity index (χ0v) is 10.9. The molecule has 1 aromatic heterocycles. The van der Waals surface area contributed by atoms with Crippen LogP contribution in [0.25, 0.3) is 11.1 Å². The molecular weight excluding hydrogens is 224 g/mol. The molecule has 0 saturated heterocycles. The molecule has 3 heteroatoms. The van der Waals surface area contributed by atoms with Gasteiger partial charge in [0.1, 0.15) is 5.52 Å². The van der Waals surface area contributed by atoms with E-state index in [1.54, 1.807) is 0 Å². The second kappa shape index (κ2) is 4.73. The molecule has 2 aromatic rings. The van der Waals surface area contributed by atoms with Crippen LogP contribution in [0.4, 0.5) is 0 Å². The minimum atomic E-state index is 0.373. The lowest BCUT2D eigenvalue weighted by atomic mass is 9.86. The van der Waals surface area contributed by atoms with E-state index in [2.05, 4.69) is 24.0 Å². The van der Waals surface area contributed by atoms with Crippen LogP contribution in [-0.2, 0) is 6.42 Å². The van der Waals surface area contributed by atoms with E-state index in [0.717, 1.165) is 49.1 Å². The fourth-order valence-corrected chi connectivity index (χ4v) is 2.75. The largest absolute Gasteiger partial charge is 0.440 e. The van der Waals surface area contributed by atoms with Gasteiger partial charge in [0.05, 0.1) is 0 Å². The van der Waals surface area contributed by atoms with Crippen molar-refractivity contribution in [2.45, 2.75) is 51.0 Å². The number of aryl methyl sites for hydroxylation is 1. The summed E-state index contributed by atoms with van der Waals surface area (Å²) in [7, 11) is 0. The van der Waals surface area contributed by atoms with Crippen molar-refractivity contribution in [3.8, 4) is 0 Å². The van der Waals surface area contributed by atoms with E-state index in [0.29, 0.717) is 12.0 Å². The van der Waals surface area contributed by atoms with Crippen molar-refractivity contribution < 1.29 is 4.42 Å². The van der Waals surface area contributed by atoms with Gasteiger partial charge >= 0.3 is 0 Å². The Morgan fingerprint density at radius 1 is 1.28 bits per heavy atom. The molecular formula is C15H20N2O. The number of rotatable bonds is 2. The molecule has 1 fully saturated rings. The molecule has 0 unspecified atom stereocenters. The van der Waals surface area contributed by atoms with Crippen LogP contribution in [0.2, 0.25) is 0 Å². The molecule has 0 amide bonds. The molecule has 0 atom stereocenters. The first-order chi connectivity index (χ1) is 8.76. The zero-order valence-electron chi connectivity index (χ0n) is 10.9. The average molecular weight is 244 g/mol. The number of nitrogens with zero attached hydrogens (tertiary/aromatic N) is 1. The third-order valence-electron chi connectivity index (χ3n) is 4.00. The van der Waals surface area contributed by atoms with Crippen LogP contribution in [0.1, 0.15) is 50.0 Å². The fraction of sp³-hybridized carbons (Fsp3) is 0.533. The SMILES string of the molecule is CCc1ccc2oc(C3CCC(N)CC3)nc2c1. The molecule has 0 radical (unpaired) electrons. The summed E-state index contributed by atoms with van der Waals surface area (Å²) >= 11 is 0. The highest BCUT2D eigenvalue weighted by atomic mass is 16.3. The van der Waals surface area contributed by atoms with Gasteiger partial charge in [0.15, 0.2) is 11.5 Å². The third kappa shape index (κ3) is 2.15. The smallest absolute Gasteiger partial charge is 0.198 e. The number of aromatic nitrogens is 1. The Hall–Kier alpha value is -1.35. The molecule has 18 heavy (non-hydrogen) atoms. The summed E-state index contributed by atoms with van der Waals surface area (Å²) in [6.07, 6.45) is 5.42. The van der Waals surface area contributed by atoms with Gasteiger partial charge in [0.25, 0.3) is 0 Å². The van der Waals surface area contributed by atoms with Crippen LogP contribution in [0.5, 0.6) is 0 Å². The molecule has 0 spiro atoms. The molecule has 1 aliphatic carbocycles. The van der Waals surface area contributed by atoms with Crippen molar-refractivity contribution in [3.05, 3.63) is 29.7 Å². The van der Waals surface area contributed by atoms with Gasteiger partial charge in [0, 0.05) is 12.0 Å². The Bertz CT molecular complexity index is 538. The van der Waals surface area contributed by atoms with Gasteiger partial charge in [-0.15, -0.1) is 0 Å². The Kier molecular flexibility index (Phi) is 3.08. The summed E-state index contributed by atoms with van der Waals surface area (Å²) in [6, 6.07) is 6.67. The van der Waals surface area contributed by atoms with Crippen molar-refractivity contribution in [2.24, 2.45) is 5.73 Å². The second-order valence-electron chi connectivity index (χ2n) is 5.32. The molecule has 2 N–H and O–H groups in total. The van der Waals surface area contributed by atoms with Gasteiger partial charge in [-0.3, -0.25) is 0 Å². The number of nitrogens with two attached hydrogens (primary N) is 1. The molecule has 0 aliphatic heterocycles. The summed E-state index contributed by atoms with van der Waals surface area (Å²) in [4.78, 5) is 4.66. The van der Waals surface area contributed by atoms with Crippen molar-refractivity contribution >= 4 is 11.1 Å². The molecule has 1 aromatic carbocycles. The number of oxazole rings is 1. The van der Waals surface area contributed by atoms with Gasteiger partial charge in [-0.1, -0.05) is 13.0 Å². The van der Waals surface area contributed by atoms with Crippen LogP contribution in [0.3, 0.4) is 0 Å².